The lowest BCUT2D eigenvalue weighted by molar-refractivity contribution is -0.122. The van der Waals surface area contributed by atoms with Crippen molar-refractivity contribution in [2.75, 3.05) is 13.1 Å². The van der Waals surface area contributed by atoms with Crippen molar-refractivity contribution < 1.29 is 18.3 Å². The number of carbonyl (C=O) groups is 1. The van der Waals surface area contributed by atoms with Crippen molar-refractivity contribution in [3.8, 4) is 5.75 Å². The molecule has 1 heterocycles. The van der Waals surface area contributed by atoms with Crippen LogP contribution in [-0.4, -0.2) is 35.5 Å². The summed E-state index contributed by atoms with van der Waals surface area (Å²) >= 11 is 0. The predicted molar refractivity (Wildman–Crippen MR) is 152 cm³/mol. The van der Waals surface area contributed by atoms with Crippen molar-refractivity contribution in [3.05, 3.63) is 114 Å². The Bertz CT molecular complexity index is 1200. The third-order valence-electron chi connectivity index (χ3n) is 8.05. The highest BCUT2D eigenvalue weighted by molar-refractivity contribution is 5.90. The first-order valence-electron chi connectivity index (χ1n) is 13.5. The third-order valence-corrected chi connectivity index (χ3v) is 8.05. The Kier molecular flexibility index (Phi) is 8.55. The summed E-state index contributed by atoms with van der Waals surface area (Å²) in [4.78, 5) is 15.6. The van der Waals surface area contributed by atoms with Crippen LogP contribution in [0.1, 0.15) is 56.2 Å². The quantitative estimate of drug-likeness (QED) is 0.260. The molecule has 1 atom stereocenters. The van der Waals surface area contributed by atoms with Crippen LogP contribution in [0.25, 0.3) is 0 Å². The van der Waals surface area contributed by atoms with Crippen LogP contribution in [0.4, 0.5) is 8.78 Å². The van der Waals surface area contributed by atoms with E-state index in [2.05, 4.69) is 25.3 Å². The van der Waals surface area contributed by atoms with Gasteiger partial charge in [-0.25, -0.2) is 8.78 Å². The van der Waals surface area contributed by atoms with Gasteiger partial charge in [0.05, 0.1) is 5.41 Å². The van der Waals surface area contributed by atoms with E-state index in [1.807, 2.05) is 60.7 Å². The topological polar surface area (TPSA) is 55.6 Å². The van der Waals surface area contributed by atoms with E-state index in [-0.39, 0.29) is 23.1 Å². The van der Waals surface area contributed by atoms with E-state index in [4.69, 9.17) is 10.5 Å². The fraction of sp³-hybridized carbons (Fsp3) is 0.364. The summed E-state index contributed by atoms with van der Waals surface area (Å²) in [6.45, 7) is 9.34. The normalized spacial score (nSPS) is 16.7. The molecule has 6 heteroatoms. The van der Waals surface area contributed by atoms with Gasteiger partial charge in [0.15, 0.2) is 0 Å². The summed E-state index contributed by atoms with van der Waals surface area (Å²) in [6.07, 6.45) is 2.91. The molecule has 39 heavy (non-hydrogen) atoms. The van der Waals surface area contributed by atoms with Gasteiger partial charge in [0.2, 0.25) is 5.91 Å². The number of allylic oxidation sites excluding steroid dienone is 1. The van der Waals surface area contributed by atoms with E-state index in [0.717, 1.165) is 30.5 Å². The van der Waals surface area contributed by atoms with Crippen LogP contribution >= 0.6 is 0 Å². The number of rotatable bonds is 12. The second-order valence-corrected chi connectivity index (χ2v) is 11.0. The number of halogens is 2. The zero-order chi connectivity index (χ0) is 28.1. The Morgan fingerprint density at radius 1 is 0.949 bits per heavy atom. The van der Waals surface area contributed by atoms with Gasteiger partial charge in [0, 0.05) is 30.6 Å². The summed E-state index contributed by atoms with van der Waals surface area (Å²) in [5.74, 6) is -2.71. The Morgan fingerprint density at radius 3 is 2.03 bits per heavy atom. The molecule has 1 saturated heterocycles. The number of nitrogens with zero attached hydrogens (tertiary/aromatic N) is 1. The summed E-state index contributed by atoms with van der Waals surface area (Å²) < 4.78 is 34.5. The average molecular weight is 533 g/mol. The number of likely N-dealkylation sites (tertiary alicyclic amines) is 1. The zero-order valence-electron chi connectivity index (χ0n) is 22.8. The van der Waals surface area contributed by atoms with Crippen molar-refractivity contribution in [2.24, 2.45) is 5.73 Å². The molecule has 206 valence electrons. The number of primary amides is 1. The first-order valence-corrected chi connectivity index (χ1v) is 13.5. The van der Waals surface area contributed by atoms with Crippen molar-refractivity contribution >= 4 is 5.91 Å². The highest BCUT2D eigenvalue weighted by Crippen LogP contribution is 2.40. The van der Waals surface area contributed by atoms with Crippen LogP contribution in [0.15, 0.2) is 97.6 Å². The minimum atomic E-state index is -2.94. The summed E-state index contributed by atoms with van der Waals surface area (Å²) in [5.41, 5.74) is 6.74. The van der Waals surface area contributed by atoms with E-state index < -0.39 is 17.8 Å². The molecule has 4 rings (SSSR count). The van der Waals surface area contributed by atoms with Crippen LogP contribution in [0.2, 0.25) is 0 Å². The number of alkyl halides is 2. The fourth-order valence-corrected chi connectivity index (χ4v) is 5.60. The number of carbonyl (C=O) groups excluding carboxylic acids is 1. The van der Waals surface area contributed by atoms with E-state index in [9.17, 15) is 13.6 Å². The van der Waals surface area contributed by atoms with Crippen molar-refractivity contribution in [1.82, 2.24) is 4.90 Å². The molecule has 0 radical (unpaired) electrons. The van der Waals surface area contributed by atoms with Crippen molar-refractivity contribution in [2.45, 2.75) is 62.5 Å². The molecule has 4 nitrogen and oxygen atoms in total. The molecule has 0 aromatic heterocycles. The van der Waals surface area contributed by atoms with E-state index in [0.29, 0.717) is 18.7 Å². The number of ether oxygens (including phenoxy) is 1. The highest BCUT2D eigenvalue weighted by atomic mass is 19.3. The molecular formula is C33H38F2N2O2. The van der Waals surface area contributed by atoms with Gasteiger partial charge in [-0.3, -0.25) is 9.69 Å². The molecule has 2 N–H and O–H groups in total. The van der Waals surface area contributed by atoms with Gasteiger partial charge in [-0.1, -0.05) is 66.7 Å². The molecule has 0 aliphatic carbocycles. The Balaban J connectivity index is 1.46. The van der Waals surface area contributed by atoms with Gasteiger partial charge in [-0.05, 0) is 68.5 Å². The van der Waals surface area contributed by atoms with Crippen LogP contribution < -0.4 is 10.5 Å². The fourth-order valence-electron chi connectivity index (χ4n) is 5.60. The van der Waals surface area contributed by atoms with Gasteiger partial charge in [-0.2, -0.15) is 0 Å². The lowest BCUT2D eigenvalue weighted by Gasteiger charge is -2.40. The molecular weight excluding hydrogens is 494 g/mol. The lowest BCUT2D eigenvalue weighted by atomic mass is 9.69. The van der Waals surface area contributed by atoms with E-state index >= 15 is 0 Å². The minimum Gasteiger partial charge on any atom is -0.489 e. The maximum atomic E-state index is 14.2. The summed E-state index contributed by atoms with van der Waals surface area (Å²) in [7, 11) is 0. The number of amides is 1. The van der Waals surface area contributed by atoms with Crippen LogP contribution in [0.3, 0.4) is 0 Å². The van der Waals surface area contributed by atoms with Gasteiger partial charge < -0.3 is 10.5 Å². The Hall–Kier alpha value is -3.51. The number of hydrogen-bond donors (Lipinski definition) is 1. The number of nitrogens with two attached hydrogens (primary N) is 1. The summed E-state index contributed by atoms with van der Waals surface area (Å²) in [6, 6.07) is 25.6. The molecule has 1 aliphatic heterocycles. The maximum absolute atomic E-state index is 14.2. The lowest BCUT2D eigenvalue weighted by Crippen LogP contribution is -2.47. The van der Waals surface area contributed by atoms with Crippen molar-refractivity contribution in [3.63, 3.8) is 0 Å². The molecule has 0 spiro atoms. The average Bonchev–Trinajstić information content (AvgIpc) is 3.40. The van der Waals surface area contributed by atoms with Crippen LogP contribution in [0, 0.1) is 0 Å². The van der Waals surface area contributed by atoms with Crippen LogP contribution in [-0.2, 0) is 16.1 Å². The third kappa shape index (κ3) is 6.22. The monoisotopic (exact) mass is 532 g/mol. The predicted octanol–water partition coefficient (Wildman–Crippen LogP) is 6.84. The van der Waals surface area contributed by atoms with E-state index in [1.165, 1.54) is 18.2 Å². The Morgan fingerprint density at radius 2 is 1.51 bits per heavy atom. The number of hydrogen-bond acceptors (Lipinski definition) is 3. The standard InChI is InChI=1S/C33H38F2N2O2/c1-4-20-33(34,35)27-15-17-28(18-16-27)39-29-19-23-37(24-29)31(2,3)21-22-32(30(36)38,25-11-7-5-8-12-25)26-13-9-6-10-14-26/h4-18,29H,1,19-24H2,2-3H3,(H2,36,38)/t29-/m0/s1. The largest absolute Gasteiger partial charge is 0.489 e. The minimum absolute atomic E-state index is 0.0429. The van der Waals surface area contributed by atoms with Gasteiger partial charge >= 0.3 is 0 Å². The van der Waals surface area contributed by atoms with Crippen molar-refractivity contribution in [1.29, 1.82) is 0 Å². The molecule has 3 aromatic rings. The maximum Gasteiger partial charge on any atom is 0.276 e. The highest BCUT2D eigenvalue weighted by Gasteiger charge is 2.43. The van der Waals surface area contributed by atoms with Gasteiger partial charge in [-0.15, -0.1) is 6.58 Å². The van der Waals surface area contributed by atoms with E-state index in [1.54, 1.807) is 12.1 Å². The molecule has 0 saturated carbocycles. The first kappa shape index (κ1) is 28.5. The molecule has 3 aromatic carbocycles. The molecule has 0 unspecified atom stereocenters. The van der Waals surface area contributed by atoms with Crippen LogP contribution in [0.5, 0.6) is 5.75 Å². The summed E-state index contributed by atoms with van der Waals surface area (Å²) in [5, 5.41) is 0. The number of benzene rings is 3. The zero-order valence-corrected chi connectivity index (χ0v) is 22.8. The second kappa shape index (κ2) is 11.7. The Labute approximate surface area is 230 Å². The molecule has 1 amide bonds. The van der Waals surface area contributed by atoms with Gasteiger partial charge in [0.25, 0.3) is 5.92 Å². The molecule has 1 aliphatic rings. The van der Waals surface area contributed by atoms with Gasteiger partial charge in [0.1, 0.15) is 11.9 Å². The SMILES string of the molecule is C=CCC(F)(F)c1ccc(O[C@H]2CCN(C(C)(C)CCC(C(N)=O)(c3ccccc3)c3ccccc3)C2)cc1. The molecule has 0 bridgehead atoms. The molecule has 1 fully saturated rings. The second-order valence-electron chi connectivity index (χ2n) is 11.0. The first-order chi connectivity index (χ1) is 18.6. The smallest absolute Gasteiger partial charge is 0.276 e.